The van der Waals surface area contributed by atoms with Crippen LogP contribution in [0.4, 0.5) is 0 Å². The zero-order valence-electron chi connectivity index (χ0n) is 16.5. The van der Waals surface area contributed by atoms with Gasteiger partial charge in [0.05, 0.1) is 34.0 Å². The van der Waals surface area contributed by atoms with Gasteiger partial charge in [-0.25, -0.2) is 0 Å². The van der Waals surface area contributed by atoms with Gasteiger partial charge >= 0.3 is 0 Å². The van der Waals surface area contributed by atoms with E-state index in [4.69, 9.17) is 23.7 Å². The van der Waals surface area contributed by atoms with Crippen LogP contribution in [0, 0.1) is 10.3 Å². The van der Waals surface area contributed by atoms with Crippen molar-refractivity contribution < 1.29 is 28.4 Å². The molecule has 148 valence electrons. The van der Waals surface area contributed by atoms with Crippen LogP contribution < -0.4 is 14.2 Å². The number of nitroso groups, excluding NO2 is 1. The second-order valence-corrected chi connectivity index (χ2v) is 7.02. The van der Waals surface area contributed by atoms with Crippen molar-refractivity contribution in [1.29, 1.82) is 0 Å². The van der Waals surface area contributed by atoms with Gasteiger partial charge in [-0.15, -0.1) is 0 Å². The lowest BCUT2D eigenvalue weighted by Crippen LogP contribution is -2.38. The summed E-state index contributed by atoms with van der Waals surface area (Å²) in [7, 11) is 6.32. The molecule has 1 unspecified atom stereocenters. The van der Waals surface area contributed by atoms with E-state index in [1.54, 1.807) is 28.4 Å². The van der Waals surface area contributed by atoms with Crippen molar-refractivity contribution in [3.05, 3.63) is 52.0 Å². The van der Waals surface area contributed by atoms with Gasteiger partial charge in [0.15, 0.2) is 18.0 Å². The van der Waals surface area contributed by atoms with Gasteiger partial charge in [-0.1, -0.05) is 0 Å². The van der Waals surface area contributed by atoms with Crippen LogP contribution in [0.3, 0.4) is 0 Å². The molecule has 1 atom stereocenters. The highest BCUT2D eigenvalue weighted by molar-refractivity contribution is 5.82. The van der Waals surface area contributed by atoms with E-state index in [9.17, 15) is 4.91 Å². The number of hydrogen-bond acceptors (Lipinski definition) is 6. The molecule has 1 spiro atoms. The molecular formula is C21H24NO6+. The summed E-state index contributed by atoms with van der Waals surface area (Å²) < 4.78 is 28.7. The fourth-order valence-electron chi connectivity index (χ4n) is 4.31. The summed E-state index contributed by atoms with van der Waals surface area (Å²) in [4.78, 5) is 12.7. The first-order chi connectivity index (χ1) is 13.6. The van der Waals surface area contributed by atoms with Crippen LogP contribution in [0.5, 0.6) is 17.2 Å². The van der Waals surface area contributed by atoms with E-state index in [0.29, 0.717) is 42.0 Å². The van der Waals surface area contributed by atoms with Gasteiger partial charge in [0.2, 0.25) is 11.4 Å². The molecule has 1 saturated heterocycles. The smallest absolute Gasteiger partial charge is 0.283 e. The van der Waals surface area contributed by atoms with Gasteiger partial charge in [0.1, 0.15) is 12.0 Å². The fourth-order valence-corrected chi connectivity index (χ4v) is 4.31. The number of piperidine rings is 1. The fraction of sp³-hybridized carbons (Fsp3) is 0.429. The molecule has 0 amide bonds. The summed E-state index contributed by atoms with van der Waals surface area (Å²) >= 11 is 0. The summed E-state index contributed by atoms with van der Waals surface area (Å²) in [5, 5.41) is 0. The van der Waals surface area contributed by atoms with Crippen LogP contribution >= 0.6 is 0 Å². The van der Waals surface area contributed by atoms with Crippen LogP contribution in [-0.2, 0) is 9.47 Å². The zero-order chi connectivity index (χ0) is 19.9. The Kier molecular flexibility index (Phi) is 4.53. The van der Waals surface area contributed by atoms with Gasteiger partial charge in [-0.05, 0) is 35.8 Å². The standard InChI is InChI=1S/C21H24NO6/c1-24-16-9-14(10-17(25-2)19(16)26-3)13-8-15-20(27-4)28-12-21(15)6-5-7-22(23)18(21)11-13/h8-11H,5-7,12H2,1-4H3/q+1. The molecule has 0 bridgehead atoms. The Morgan fingerprint density at radius 1 is 1.00 bits per heavy atom. The molecule has 0 N–H and O–H groups in total. The van der Waals surface area contributed by atoms with E-state index >= 15 is 0 Å². The average molecular weight is 386 g/mol. The Morgan fingerprint density at radius 2 is 1.71 bits per heavy atom. The molecule has 0 aromatic heterocycles. The van der Waals surface area contributed by atoms with Crippen molar-refractivity contribution in [1.82, 2.24) is 0 Å². The molecular weight excluding hydrogens is 362 g/mol. The monoisotopic (exact) mass is 386 g/mol. The molecule has 7 heteroatoms. The topological polar surface area (TPSA) is 66.2 Å². The number of hydrogen-bond donors (Lipinski definition) is 0. The summed E-state index contributed by atoms with van der Waals surface area (Å²) in [5.41, 5.74) is 2.91. The van der Waals surface area contributed by atoms with E-state index in [2.05, 4.69) is 0 Å². The first-order valence-corrected chi connectivity index (χ1v) is 9.18. The van der Waals surface area contributed by atoms with Crippen LogP contribution in [0.2, 0.25) is 0 Å². The third kappa shape index (κ3) is 2.57. The minimum atomic E-state index is -0.435. The minimum Gasteiger partial charge on any atom is -0.493 e. The molecule has 2 heterocycles. The molecule has 0 saturated carbocycles. The van der Waals surface area contributed by atoms with Crippen molar-refractivity contribution in [2.24, 2.45) is 5.41 Å². The maximum atomic E-state index is 12.7. The molecule has 4 rings (SSSR count). The maximum Gasteiger partial charge on any atom is 0.283 e. The summed E-state index contributed by atoms with van der Waals surface area (Å²) in [6.45, 7) is 0.904. The van der Waals surface area contributed by atoms with Crippen LogP contribution in [-0.4, -0.2) is 46.4 Å². The van der Waals surface area contributed by atoms with Gasteiger partial charge in [0.25, 0.3) is 5.95 Å². The first kappa shape index (κ1) is 18.4. The largest absolute Gasteiger partial charge is 0.493 e. The molecule has 0 radical (unpaired) electrons. The predicted molar refractivity (Wildman–Crippen MR) is 102 cm³/mol. The Hall–Kier alpha value is -2.96. The van der Waals surface area contributed by atoms with Gasteiger partial charge in [0, 0.05) is 22.2 Å². The number of ether oxygens (including phenoxy) is 5. The second kappa shape index (κ2) is 6.89. The van der Waals surface area contributed by atoms with Crippen molar-refractivity contribution in [3.63, 3.8) is 0 Å². The van der Waals surface area contributed by atoms with Crippen molar-refractivity contribution >= 4 is 5.57 Å². The quantitative estimate of drug-likeness (QED) is 0.723. The van der Waals surface area contributed by atoms with Crippen molar-refractivity contribution in [3.8, 4) is 17.2 Å². The lowest BCUT2D eigenvalue weighted by Gasteiger charge is -2.31. The minimum absolute atomic E-state index is 0.426. The highest BCUT2D eigenvalue weighted by Crippen LogP contribution is 2.54. The Morgan fingerprint density at radius 3 is 2.32 bits per heavy atom. The molecule has 7 nitrogen and oxygen atoms in total. The normalized spacial score (nSPS) is 23.2. The predicted octanol–water partition coefficient (Wildman–Crippen LogP) is 3.44. The lowest BCUT2D eigenvalue weighted by molar-refractivity contribution is -0.521. The number of allylic oxidation sites excluding steroid dienone is 3. The van der Waals surface area contributed by atoms with Gasteiger partial charge in [-0.3, -0.25) is 0 Å². The molecule has 1 aliphatic carbocycles. The highest BCUT2D eigenvalue weighted by atomic mass is 16.7. The summed E-state index contributed by atoms with van der Waals surface area (Å²) in [6, 6.07) is 3.75. The highest BCUT2D eigenvalue weighted by Gasteiger charge is 2.56. The third-order valence-corrected chi connectivity index (χ3v) is 5.68. The van der Waals surface area contributed by atoms with Gasteiger partial charge in [-0.2, -0.15) is 0 Å². The lowest BCUT2D eigenvalue weighted by atomic mass is 9.69. The van der Waals surface area contributed by atoms with Crippen molar-refractivity contribution in [2.75, 3.05) is 41.6 Å². The van der Waals surface area contributed by atoms with Gasteiger partial charge < -0.3 is 23.7 Å². The molecule has 1 aromatic rings. The number of nitrogens with zero attached hydrogens (tertiary/aromatic N) is 1. The molecule has 1 aromatic carbocycles. The third-order valence-electron chi connectivity index (χ3n) is 5.68. The summed E-state index contributed by atoms with van der Waals surface area (Å²) in [6.07, 6.45) is 5.66. The van der Waals surface area contributed by atoms with Crippen LogP contribution in [0.15, 0.2) is 41.5 Å². The Labute approximate surface area is 163 Å². The molecule has 1 fully saturated rings. The van der Waals surface area contributed by atoms with Crippen LogP contribution in [0.1, 0.15) is 18.4 Å². The van der Waals surface area contributed by atoms with E-state index in [1.165, 1.54) is 0 Å². The van der Waals surface area contributed by atoms with E-state index < -0.39 is 5.41 Å². The molecule has 3 aliphatic rings. The maximum absolute atomic E-state index is 12.7. The first-order valence-electron chi connectivity index (χ1n) is 9.18. The number of benzene rings is 1. The van der Waals surface area contributed by atoms with E-state index in [-0.39, 0.29) is 0 Å². The molecule has 28 heavy (non-hydrogen) atoms. The number of rotatable bonds is 5. The van der Waals surface area contributed by atoms with E-state index in [1.807, 2.05) is 24.3 Å². The SMILES string of the molecule is COC1=C2C=C(c3cc(OC)c(OC)c(OC)c3)C=C3[N+](=O)CCCC32CO1. The summed E-state index contributed by atoms with van der Waals surface area (Å²) in [5.74, 6) is 2.11. The molecule has 2 aliphatic heterocycles. The zero-order valence-corrected chi connectivity index (χ0v) is 16.5. The second-order valence-electron chi connectivity index (χ2n) is 7.02. The number of methoxy groups -OCH3 is 4. The van der Waals surface area contributed by atoms with Crippen LogP contribution in [0.25, 0.3) is 5.57 Å². The Balaban J connectivity index is 1.90. The Bertz CT molecular complexity index is 904. The average Bonchev–Trinajstić information content (AvgIpc) is 3.09. The van der Waals surface area contributed by atoms with E-state index in [0.717, 1.165) is 34.3 Å². The van der Waals surface area contributed by atoms with Crippen molar-refractivity contribution in [2.45, 2.75) is 12.8 Å².